The van der Waals surface area contributed by atoms with Crippen molar-refractivity contribution < 1.29 is 4.74 Å². The van der Waals surface area contributed by atoms with Crippen LogP contribution in [0.5, 0.6) is 5.75 Å². The average Bonchev–Trinajstić information content (AvgIpc) is 2.94. The van der Waals surface area contributed by atoms with E-state index in [4.69, 9.17) is 4.74 Å². The molecule has 0 radical (unpaired) electrons. The monoisotopic (exact) mass is 253 g/mol. The maximum Gasteiger partial charge on any atom is 0.135 e. The third-order valence-electron chi connectivity index (χ3n) is 3.27. The molecule has 0 fully saturated rings. The van der Waals surface area contributed by atoms with Crippen LogP contribution in [-0.2, 0) is 6.54 Å². The van der Waals surface area contributed by atoms with Crippen molar-refractivity contribution in [2.24, 2.45) is 0 Å². The highest BCUT2D eigenvalue weighted by atomic mass is 32.1. The third kappa shape index (κ3) is 1.34. The molecule has 0 saturated carbocycles. The second-order valence-corrected chi connectivity index (χ2v) is 5.24. The SMILES string of the molecule is C1=COc2ccccc2-c2cc3sccc3n2C1. The Hall–Kier alpha value is -2.00. The van der Waals surface area contributed by atoms with Gasteiger partial charge >= 0.3 is 0 Å². The van der Waals surface area contributed by atoms with Gasteiger partial charge in [-0.25, -0.2) is 0 Å². The van der Waals surface area contributed by atoms with Crippen molar-refractivity contribution in [1.29, 1.82) is 0 Å². The lowest BCUT2D eigenvalue weighted by Gasteiger charge is -2.14. The van der Waals surface area contributed by atoms with E-state index in [0.717, 1.165) is 17.9 Å². The highest BCUT2D eigenvalue weighted by Crippen LogP contribution is 2.37. The topological polar surface area (TPSA) is 14.2 Å². The molecule has 0 amide bonds. The Labute approximate surface area is 109 Å². The molecule has 3 aromatic rings. The van der Waals surface area contributed by atoms with Crippen molar-refractivity contribution in [1.82, 2.24) is 4.57 Å². The largest absolute Gasteiger partial charge is 0.465 e. The summed E-state index contributed by atoms with van der Waals surface area (Å²) in [5, 5.41) is 2.14. The van der Waals surface area contributed by atoms with Crippen molar-refractivity contribution in [2.75, 3.05) is 0 Å². The summed E-state index contributed by atoms with van der Waals surface area (Å²) in [5.74, 6) is 0.917. The van der Waals surface area contributed by atoms with Crippen LogP contribution < -0.4 is 4.74 Å². The van der Waals surface area contributed by atoms with E-state index in [-0.39, 0.29) is 0 Å². The summed E-state index contributed by atoms with van der Waals surface area (Å²) in [7, 11) is 0. The van der Waals surface area contributed by atoms with Crippen molar-refractivity contribution in [3.05, 3.63) is 54.1 Å². The summed E-state index contributed by atoms with van der Waals surface area (Å²) < 4.78 is 9.33. The van der Waals surface area contributed by atoms with Crippen molar-refractivity contribution in [2.45, 2.75) is 6.54 Å². The number of rotatable bonds is 0. The van der Waals surface area contributed by atoms with Gasteiger partial charge in [0.25, 0.3) is 0 Å². The summed E-state index contributed by atoms with van der Waals surface area (Å²) >= 11 is 1.78. The molecule has 0 unspecified atom stereocenters. The molecule has 2 nitrogen and oxygen atoms in total. The first-order valence-electron chi connectivity index (χ1n) is 5.91. The number of fused-ring (bicyclic) bond motifs is 5. The number of aromatic nitrogens is 1. The quantitative estimate of drug-likeness (QED) is 0.583. The number of ether oxygens (including phenoxy) is 1. The number of allylic oxidation sites excluding steroid dienone is 1. The van der Waals surface area contributed by atoms with E-state index in [0.29, 0.717) is 0 Å². The fraction of sp³-hybridized carbons (Fsp3) is 0.0667. The van der Waals surface area contributed by atoms with Crippen LogP contribution >= 0.6 is 11.3 Å². The zero-order valence-electron chi connectivity index (χ0n) is 9.67. The molecule has 2 aromatic heterocycles. The normalized spacial score (nSPS) is 13.6. The molecule has 18 heavy (non-hydrogen) atoms. The molecular formula is C15H11NOS. The number of hydrogen-bond acceptors (Lipinski definition) is 2. The first-order chi connectivity index (χ1) is 8.93. The van der Waals surface area contributed by atoms with Gasteiger partial charge in [-0.3, -0.25) is 0 Å². The van der Waals surface area contributed by atoms with E-state index >= 15 is 0 Å². The van der Waals surface area contributed by atoms with E-state index in [1.165, 1.54) is 15.9 Å². The maximum absolute atomic E-state index is 5.67. The molecule has 3 heterocycles. The van der Waals surface area contributed by atoms with Crippen LogP contribution in [0.15, 0.2) is 54.1 Å². The van der Waals surface area contributed by atoms with Gasteiger partial charge in [-0.1, -0.05) is 12.1 Å². The first-order valence-corrected chi connectivity index (χ1v) is 6.79. The molecule has 1 aromatic carbocycles. The van der Waals surface area contributed by atoms with Crippen molar-refractivity contribution in [3.8, 4) is 17.0 Å². The second-order valence-electron chi connectivity index (χ2n) is 4.30. The van der Waals surface area contributed by atoms with Gasteiger partial charge in [0.05, 0.1) is 22.2 Å². The minimum absolute atomic E-state index is 0.851. The van der Waals surface area contributed by atoms with Gasteiger partial charge < -0.3 is 9.30 Å². The fourth-order valence-corrected chi connectivity index (χ4v) is 3.27. The molecule has 0 N–H and O–H groups in total. The predicted molar refractivity (Wildman–Crippen MR) is 75.0 cm³/mol. The molecule has 4 rings (SSSR count). The number of benzene rings is 1. The third-order valence-corrected chi connectivity index (χ3v) is 4.12. The highest BCUT2D eigenvalue weighted by Gasteiger charge is 2.15. The summed E-state index contributed by atoms with van der Waals surface area (Å²) in [5.41, 5.74) is 3.69. The zero-order valence-corrected chi connectivity index (χ0v) is 10.5. The summed E-state index contributed by atoms with van der Waals surface area (Å²) in [6, 6.07) is 12.6. The van der Waals surface area contributed by atoms with Crippen LogP contribution in [0.1, 0.15) is 0 Å². The van der Waals surface area contributed by atoms with E-state index in [2.05, 4.69) is 40.3 Å². The van der Waals surface area contributed by atoms with Gasteiger partial charge in [-0.2, -0.15) is 0 Å². The molecule has 0 atom stereocenters. The molecule has 88 valence electrons. The molecular weight excluding hydrogens is 242 g/mol. The minimum Gasteiger partial charge on any atom is -0.465 e. The maximum atomic E-state index is 5.67. The van der Waals surface area contributed by atoms with E-state index < -0.39 is 0 Å². The van der Waals surface area contributed by atoms with Gasteiger partial charge in [0.1, 0.15) is 5.75 Å². The van der Waals surface area contributed by atoms with Gasteiger partial charge in [-0.15, -0.1) is 11.3 Å². The second kappa shape index (κ2) is 3.75. The van der Waals surface area contributed by atoms with Gasteiger partial charge in [0.2, 0.25) is 0 Å². The highest BCUT2D eigenvalue weighted by molar-refractivity contribution is 7.17. The van der Waals surface area contributed by atoms with Crippen LogP contribution in [0.3, 0.4) is 0 Å². The number of nitrogens with zero attached hydrogens (tertiary/aromatic N) is 1. The molecule has 3 heteroatoms. The first kappa shape index (κ1) is 9.97. The number of hydrogen-bond donors (Lipinski definition) is 0. The Morgan fingerprint density at radius 3 is 3.11 bits per heavy atom. The van der Waals surface area contributed by atoms with Gasteiger partial charge in [0.15, 0.2) is 0 Å². The van der Waals surface area contributed by atoms with E-state index in [1.54, 1.807) is 17.6 Å². The lowest BCUT2D eigenvalue weighted by Crippen LogP contribution is -2.01. The number of para-hydroxylation sites is 1. The molecule has 0 spiro atoms. The minimum atomic E-state index is 0.851. The Kier molecular flexibility index (Phi) is 2.08. The van der Waals surface area contributed by atoms with Gasteiger partial charge in [0, 0.05) is 12.1 Å². The predicted octanol–water partition coefficient (Wildman–Crippen LogP) is 4.28. The molecule has 1 aliphatic rings. The summed E-state index contributed by atoms with van der Waals surface area (Å²) in [6.07, 6.45) is 3.83. The molecule has 0 bridgehead atoms. The molecule has 0 aliphatic carbocycles. The van der Waals surface area contributed by atoms with Crippen LogP contribution in [0, 0.1) is 0 Å². The van der Waals surface area contributed by atoms with Crippen molar-refractivity contribution in [3.63, 3.8) is 0 Å². The zero-order chi connectivity index (χ0) is 11.9. The Morgan fingerprint density at radius 1 is 1.17 bits per heavy atom. The summed E-state index contributed by atoms with van der Waals surface area (Å²) in [4.78, 5) is 0. The van der Waals surface area contributed by atoms with E-state index in [9.17, 15) is 0 Å². The van der Waals surface area contributed by atoms with Crippen LogP contribution in [0.2, 0.25) is 0 Å². The van der Waals surface area contributed by atoms with Gasteiger partial charge in [-0.05, 0) is 35.7 Å². The summed E-state index contributed by atoms with van der Waals surface area (Å²) in [6.45, 7) is 0.851. The average molecular weight is 253 g/mol. The van der Waals surface area contributed by atoms with E-state index in [1.807, 2.05) is 12.1 Å². The molecule has 1 aliphatic heterocycles. The van der Waals surface area contributed by atoms with Crippen LogP contribution in [-0.4, -0.2) is 4.57 Å². The smallest absolute Gasteiger partial charge is 0.135 e. The Balaban J connectivity index is 2.09. The van der Waals surface area contributed by atoms with Crippen molar-refractivity contribution >= 4 is 21.6 Å². The Morgan fingerprint density at radius 2 is 2.11 bits per heavy atom. The molecule has 0 saturated heterocycles. The standard InChI is InChI=1S/C15H11NOS/c1-2-5-14-11(4-1)13-10-15-12(6-9-18-15)16(13)7-3-8-17-14/h1-6,8-10H,7H2. The lowest BCUT2D eigenvalue weighted by molar-refractivity contribution is 0.476. The Bertz CT molecular complexity index is 751. The fourth-order valence-electron chi connectivity index (χ4n) is 2.45. The van der Waals surface area contributed by atoms with Crippen LogP contribution in [0.4, 0.5) is 0 Å². The lowest BCUT2D eigenvalue weighted by atomic mass is 10.1. The number of thiophene rings is 1. The van der Waals surface area contributed by atoms with Crippen LogP contribution in [0.25, 0.3) is 21.5 Å².